The lowest BCUT2D eigenvalue weighted by Crippen LogP contribution is -2.66. The van der Waals surface area contributed by atoms with E-state index in [2.05, 4.69) is 75.4 Å². The number of methoxy groups -OCH3 is 4. The van der Waals surface area contributed by atoms with Crippen molar-refractivity contribution in [2.45, 2.75) is 89.4 Å². The molecule has 1 aliphatic rings. The molecule has 0 aromatic heterocycles. The van der Waals surface area contributed by atoms with Crippen LogP contribution in [-0.2, 0) is 61.1 Å². The van der Waals surface area contributed by atoms with Crippen LogP contribution in [-0.4, -0.2) is 67.8 Å². The summed E-state index contributed by atoms with van der Waals surface area (Å²) in [5.74, 6) is 3.03. The van der Waals surface area contributed by atoms with E-state index in [4.69, 9.17) is 58.7 Å². The molecule has 7 aromatic rings. The van der Waals surface area contributed by atoms with Crippen LogP contribution >= 0.6 is 11.6 Å². The molecule has 10 nitrogen and oxygen atoms in total. The summed E-state index contributed by atoms with van der Waals surface area (Å²) in [5.41, 5.74) is 5.51. The summed E-state index contributed by atoms with van der Waals surface area (Å²) in [6.07, 6.45) is -3.36. The Morgan fingerprint density at radius 2 is 0.877 bits per heavy atom. The van der Waals surface area contributed by atoms with Gasteiger partial charge in [0.05, 0.1) is 68.1 Å². The highest BCUT2D eigenvalue weighted by molar-refractivity contribution is 6.99. The predicted octanol–water partition coefficient (Wildman–Crippen LogP) is 11.9. The third-order valence-electron chi connectivity index (χ3n) is 13.4. The molecule has 73 heavy (non-hydrogen) atoms. The van der Waals surface area contributed by atoms with Crippen molar-refractivity contribution in [2.75, 3.05) is 35.0 Å². The van der Waals surface area contributed by atoms with Gasteiger partial charge >= 0.3 is 0 Å². The van der Waals surface area contributed by atoms with Crippen molar-refractivity contribution in [3.8, 4) is 23.0 Å². The van der Waals surface area contributed by atoms with Gasteiger partial charge in [0.1, 0.15) is 53.5 Å². The largest absolute Gasteiger partial charge is 0.497 e. The maximum Gasteiger partial charge on any atom is 0.261 e. The number of halogens is 1. The van der Waals surface area contributed by atoms with Gasteiger partial charge in [0.15, 0.2) is 0 Å². The van der Waals surface area contributed by atoms with Crippen LogP contribution in [0.2, 0.25) is 10.1 Å². The topological polar surface area (TPSA) is 92.3 Å². The van der Waals surface area contributed by atoms with Crippen molar-refractivity contribution in [3.63, 3.8) is 0 Å². The minimum Gasteiger partial charge on any atom is -0.497 e. The Morgan fingerprint density at radius 3 is 1.30 bits per heavy atom. The Labute approximate surface area is 437 Å². The lowest BCUT2D eigenvalue weighted by atomic mass is 9.89. The Balaban J connectivity index is 1.20. The molecule has 8 rings (SSSR count). The molecule has 0 saturated carbocycles. The molecule has 0 N–H and O–H groups in total. The third-order valence-corrected chi connectivity index (χ3v) is 18.8. The zero-order chi connectivity index (χ0) is 51.2. The van der Waals surface area contributed by atoms with Gasteiger partial charge in [0, 0.05) is 5.02 Å². The highest BCUT2D eigenvalue weighted by Gasteiger charge is 2.51. The van der Waals surface area contributed by atoms with Gasteiger partial charge in [-0.25, -0.2) is 0 Å². The van der Waals surface area contributed by atoms with Crippen LogP contribution in [0.5, 0.6) is 23.0 Å². The molecule has 0 amide bonds. The molecule has 12 heteroatoms. The number of hydrogen-bond donors (Lipinski definition) is 0. The fraction of sp³-hybridized carbons (Fsp3) is 0.311. The van der Waals surface area contributed by atoms with Crippen molar-refractivity contribution in [3.05, 3.63) is 214 Å². The Kier molecular flexibility index (Phi) is 18.5. The summed E-state index contributed by atoms with van der Waals surface area (Å²) < 4.78 is 64.6. The maximum absolute atomic E-state index is 7.47. The van der Waals surface area contributed by atoms with E-state index in [1.165, 1.54) is 10.4 Å². The summed E-state index contributed by atoms with van der Waals surface area (Å²) in [6, 6.07) is 58.7. The van der Waals surface area contributed by atoms with E-state index in [1.807, 2.05) is 121 Å². The first-order valence-corrected chi connectivity index (χ1v) is 26.9. The number of hydrogen-bond acceptors (Lipinski definition) is 10. The van der Waals surface area contributed by atoms with Gasteiger partial charge in [0.2, 0.25) is 0 Å². The van der Waals surface area contributed by atoms with E-state index in [9.17, 15) is 0 Å². The Hall–Kier alpha value is -5.99. The molecule has 5 unspecified atom stereocenters. The lowest BCUT2D eigenvalue weighted by molar-refractivity contribution is -0.275. The third kappa shape index (κ3) is 13.2. The SMILES string of the molecule is COc1ccc(COCC2OC(c3ccc(Cl)c(CO[Si](c4ccccc4)(c4ccccc4)C(C)(C)C)c3)C(OCc3ccc(OC)cc3)C(OCc3ccc(OC)cc3)C2OCc2ccc(OC)cc2)cc1. The standard InChI is InChI=1S/C61H67ClO10Si/c1-61(2,3)73(53-14-10-8-11-15-53,54-16-12-9-13-17-54)71-41-48-36-47(26-35-55(48)62)57-59(69-39-45-22-31-51(65-6)32-23-45)60(70-40-46-24-33-52(66-7)34-25-46)58(68-38-44-20-29-50(64-5)30-21-44)56(72-57)42-67-37-43-18-27-49(63-4)28-19-43/h8-36,56-60H,37-42H2,1-7H3. The molecule has 382 valence electrons. The fourth-order valence-electron chi connectivity index (χ4n) is 9.48. The first-order valence-electron chi connectivity index (χ1n) is 24.6. The van der Waals surface area contributed by atoms with Crippen LogP contribution in [0.25, 0.3) is 0 Å². The van der Waals surface area contributed by atoms with E-state index in [-0.39, 0.29) is 38.1 Å². The first-order chi connectivity index (χ1) is 35.5. The van der Waals surface area contributed by atoms with Gasteiger partial charge < -0.3 is 47.1 Å². The van der Waals surface area contributed by atoms with Gasteiger partial charge in [0.25, 0.3) is 8.32 Å². The second-order valence-electron chi connectivity index (χ2n) is 19.1. The molecule has 0 spiro atoms. The minimum absolute atomic E-state index is 0.181. The zero-order valence-electron chi connectivity index (χ0n) is 42.8. The van der Waals surface area contributed by atoms with Gasteiger partial charge in [-0.05, 0) is 109 Å². The molecule has 7 aromatic carbocycles. The summed E-state index contributed by atoms with van der Waals surface area (Å²) >= 11 is 7.22. The van der Waals surface area contributed by atoms with Crippen molar-refractivity contribution >= 4 is 30.3 Å². The maximum atomic E-state index is 7.47. The zero-order valence-corrected chi connectivity index (χ0v) is 44.6. The summed E-state index contributed by atoms with van der Waals surface area (Å²) in [4.78, 5) is 0. The molecule has 1 saturated heterocycles. The lowest BCUT2D eigenvalue weighted by Gasteiger charge is -2.46. The van der Waals surface area contributed by atoms with Crippen molar-refractivity contribution in [2.24, 2.45) is 0 Å². The smallest absolute Gasteiger partial charge is 0.261 e. The van der Waals surface area contributed by atoms with Crippen molar-refractivity contribution in [1.82, 2.24) is 0 Å². The first kappa shape index (κ1) is 53.3. The van der Waals surface area contributed by atoms with Crippen LogP contribution in [0, 0.1) is 0 Å². The second-order valence-corrected chi connectivity index (χ2v) is 23.8. The summed E-state index contributed by atoms with van der Waals surface area (Å²) in [7, 11) is 3.67. The fourth-order valence-corrected chi connectivity index (χ4v) is 14.2. The average Bonchev–Trinajstić information content (AvgIpc) is 3.43. The summed E-state index contributed by atoms with van der Waals surface area (Å²) in [6.45, 7) is 8.34. The van der Waals surface area contributed by atoms with Crippen LogP contribution in [0.4, 0.5) is 0 Å². The molecule has 1 fully saturated rings. The molecular formula is C61H67ClO10Si. The predicted molar refractivity (Wildman–Crippen MR) is 289 cm³/mol. The summed E-state index contributed by atoms with van der Waals surface area (Å²) in [5, 5.41) is 2.69. The van der Waals surface area contributed by atoms with E-state index in [0.717, 1.165) is 56.4 Å². The molecule has 0 radical (unpaired) electrons. The quantitative estimate of drug-likeness (QED) is 0.0577. The van der Waals surface area contributed by atoms with Crippen LogP contribution in [0.3, 0.4) is 0 Å². The van der Waals surface area contributed by atoms with Crippen molar-refractivity contribution < 1.29 is 47.1 Å². The normalized spacial score (nSPS) is 18.0. The highest BCUT2D eigenvalue weighted by atomic mass is 35.5. The average molecular weight is 1020 g/mol. The van der Waals surface area contributed by atoms with Crippen molar-refractivity contribution in [1.29, 1.82) is 0 Å². The number of ether oxygens (including phenoxy) is 9. The number of benzene rings is 7. The molecule has 5 atom stereocenters. The second kappa shape index (κ2) is 25.3. The Bertz CT molecular complexity index is 2710. The molecule has 0 bridgehead atoms. The van der Waals surface area contributed by atoms with Crippen LogP contribution in [0.15, 0.2) is 176 Å². The van der Waals surface area contributed by atoms with Gasteiger partial charge in [-0.1, -0.05) is 148 Å². The molecular weight excluding hydrogens is 956 g/mol. The highest BCUT2D eigenvalue weighted by Crippen LogP contribution is 2.42. The van der Waals surface area contributed by atoms with E-state index in [0.29, 0.717) is 11.6 Å². The molecule has 1 aliphatic heterocycles. The van der Waals surface area contributed by atoms with Crippen LogP contribution in [0.1, 0.15) is 60.3 Å². The molecule has 1 heterocycles. The van der Waals surface area contributed by atoms with Gasteiger partial charge in [-0.3, -0.25) is 0 Å². The van der Waals surface area contributed by atoms with E-state index >= 15 is 0 Å². The van der Waals surface area contributed by atoms with E-state index < -0.39 is 38.8 Å². The van der Waals surface area contributed by atoms with Gasteiger partial charge in [-0.2, -0.15) is 0 Å². The Morgan fingerprint density at radius 1 is 0.466 bits per heavy atom. The minimum atomic E-state index is -2.95. The van der Waals surface area contributed by atoms with Crippen LogP contribution < -0.4 is 29.3 Å². The number of rotatable bonds is 23. The molecule has 0 aliphatic carbocycles. The van der Waals surface area contributed by atoms with E-state index in [1.54, 1.807) is 28.4 Å². The van der Waals surface area contributed by atoms with Gasteiger partial charge in [-0.15, -0.1) is 0 Å². The monoisotopic (exact) mass is 1020 g/mol.